The summed E-state index contributed by atoms with van der Waals surface area (Å²) in [4.78, 5) is 12.5. The Morgan fingerprint density at radius 3 is 2.22 bits per heavy atom. The minimum absolute atomic E-state index is 0.137. The van der Waals surface area contributed by atoms with Gasteiger partial charge in [-0.25, -0.2) is 0 Å². The Morgan fingerprint density at radius 2 is 1.65 bits per heavy atom. The molecule has 122 valence electrons. The van der Waals surface area contributed by atoms with E-state index in [9.17, 15) is 15.0 Å². The Morgan fingerprint density at radius 1 is 1.04 bits per heavy atom. The molecule has 0 spiro atoms. The predicted octanol–water partition coefficient (Wildman–Crippen LogP) is 4.29. The molecule has 4 saturated carbocycles. The molecule has 4 aliphatic carbocycles. The highest BCUT2D eigenvalue weighted by molar-refractivity contribution is 5.94. The van der Waals surface area contributed by atoms with Crippen molar-refractivity contribution in [1.82, 2.24) is 0 Å². The van der Waals surface area contributed by atoms with Crippen LogP contribution in [-0.4, -0.2) is 16.0 Å². The number of rotatable bonds is 4. The molecule has 0 aromatic heterocycles. The second kappa shape index (κ2) is 5.40. The van der Waals surface area contributed by atoms with Crippen LogP contribution in [0.1, 0.15) is 50.5 Å². The molecule has 3 heteroatoms. The molecule has 0 heterocycles. The van der Waals surface area contributed by atoms with Gasteiger partial charge >= 0.3 is 0 Å². The van der Waals surface area contributed by atoms with Crippen LogP contribution in [0.25, 0.3) is 6.08 Å². The number of carbonyl (C=O) groups excluding carboxylic acids is 1. The number of hydrogen-bond acceptors (Lipinski definition) is 3. The van der Waals surface area contributed by atoms with Gasteiger partial charge in [-0.05, 0) is 85.5 Å². The van der Waals surface area contributed by atoms with Crippen LogP contribution in [0.3, 0.4) is 0 Å². The maximum Gasteiger partial charge on any atom is 0.157 e. The summed E-state index contributed by atoms with van der Waals surface area (Å²) in [5.74, 6) is 2.51. The average molecular weight is 312 g/mol. The standard InChI is InChI=1S/C20H24O3/c21-17(3-1-13-2-4-18(22)19(23)8-13)12-20-9-14-5-15(10-20)7-16(6-14)11-20/h1-4,8,14-16,22-23H,5-7,9-12H2/b3-1+. The van der Waals surface area contributed by atoms with Gasteiger partial charge in [0.25, 0.3) is 0 Å². The lowest BCUT2D eigenvalue weighted by Gasteiger charge is -2.56. The third-order valence-electron chi connectivity index (χ3n) is 6.18. The first-order valence-corrected chi connectivity index (χ1v) is 8.74. The minimum atomic E-state index is -0.152. The van der Waals surface area contributed by atoms with Crippen molar-refractivity contribution < 1.29 is 15.0 Å². The Hall–Kier alpha value is -1.77. The van der Waals surface area contributed by atoms with Gasteiger partial charge < -0.3 is 10.2 Å². The monoisotopic (exact) mass is 312 g/mol. The fraction of sp³-hybridized carbons (Fsp3) is 0.550. The highest BCUT2D eigenvalue weighted by Crippen LogP contribution is 2.61. The van der Waals surface area contributed by atoms with Crippen LogP contribution < -0.4 is 0 Å². The van der Waals surface area contributed by atoms with Crippen molar-refractivity contribution in [3.05, 3.63) is 29.8 Å². The van der Waals surface area contributed by atoms with Gasteiger partial charge in [0, 0.05) is 6.42 Å². The van der Waals surface area contributed by atoms with E-state index in [1.54, 1.807) is 18.2 Å². The Bertz CT molecular complexity index is 624. The zero-order valence-electron chi connectivity index (χ0n) is 13.4. The quantitative estimate of drug-likeness (QED) is 0.644. The zero-order chi connectivity index (χ0) is 16.0. The molecular formula is C20H24O3. The molecule has 0 saturated heterocycles. The smallest absolute Gasteiger partial charge is 0.157 e. The predicted molar refractivity (Wildman–Crippen MR) is 89.0 cm³/mol. The Labute approximate surface area is 137 Å². The molecule has 1 aromatic carbocycles. The van der Waals surface area contributed by atoms with Crippen molar-refractivity contribution in [2.75, 3.05) is 0 Å². The second-order valence-corrected chi connectivity index (χ2v) is 8.14. The molecule has 0 atom stereocenters. The van der Waals surface area contributed by atoms with E-state index < -0.39 is 0 Å². The van der Waals surface area contributed by atoms with Crippen molar-refractivity contribution in [2.24, 2.45) is 23.2 Å². The van der Waals surface area contributed by atoms with Crippen molar-refractivity contribution in [3.63, 3.8) is 0 Å². The number of benzene rings is 1. The highest BCUT2D eigenvalue weighted by atomic mass is 16.3. The van der Waals surface area contributed by atoms with Gasteiger partial charge in [0.1, 0.15) is 0 Å². The molecule has 4 aliphatic rings. The lowest BCUT2D eigenvalue weighted by molar-refractivity contribution is -0.122. The van der Waals surface area contributed by atoms with Gasteiger partial charge in [-0.2, -0.15) is 0 Å². The van der Waals surface area contributed by atoms with Crippen LogP contribution in [0, 0.1) is 23.2 Å². The number of phenolic OH excluding ortho intramolecular Hbond substituents is 2. The number of ketones is 1. The van der Waals surface area contributed by atoms with E-state index in [1.807, 2.05) is 0 Å². The van der Waals surface area contributed by atoms with Gasteiger partial charge in [-0.3, -0.25) is 4.79 Å². The normalized spacial score (nSPS) is 35.0. The number of aromatic hydroxyl groups is 2. The van der Waals surface area contributed by atoms with Crippen LogP contribution in [0.5, 0.6) is 11.5 Å². The molecule has 4 fully saturated rings. The summed E-state index contributed by atoms with van der Waals surface area (Å²) >= 11 is 0. The Balaban J connectivity index is 1.44. The molecule has 23 heavy (non-hydrogen) atoms. The lowest BCUT2D eigenvalue weighted by Crippen LogP contribution is -2.46. The van der Waals surface area contributed by atoms with Crippen molar-refractivity contribution in [2.45, 2.75) is 44.9 Å². The van der Waals surface area contributed by atoms with Crippen LogP contribution in [0.15, 0.2) is 24.3 Å². The third-order valence-corrected chi connectivity index (χ3v) is 6.18. The molecular weight excluding hydrogens is 288 g/mol. The summed E-state index contributed by atoms with van der Waals surface area (Å²) < 4.78 is 0. The number of carbonyl (C=O) groups is 1. The third kappa shape index (κ3) is 2.89. The molecule has 0 aliphatic heterocycles. The van der Waals surface area contributed by atoms with E-state index in [1.165, 1.54) is 50.7 Å². The summed E-state index contributed by atoms with van der Waals surface area (Å²) in [6, 6.07) is 4.62. The lowest BCUT2D eigenvalue weighted by atomic mass is 9.48. The number of hydrogen-bond donors (Lipinski definition) is 2. The SMILES string of the molecule is O=C(/C=C/c1ccc(O)c(O)c1)CC12CC3CC(CC(C3)C1)C2. The molecule has 5 rings (SSSR count). The summed E-state index contributed by atoms with van der Waals surface area (Å²) in [7, 11) is 0. The number of allylic oxidation sites excluding steroid dienone is 1. The fourth-order valence-corrected chi connectivity index (χ4v) is 5.77. The Kier molecular flexibility index (Phi) is 3.47. The van der Waals surface area contributed by atoms with Gasteiger partial charge in [0.05, 0.1) is 0 Å². The highest BCUT2D eigenvalue weighted by Gasteiger charge is 2.51. The van der Waals surface area contributed by atoms with Crippen LogP contribution in [0.4, 0.5) is 0 Å². The topological polar surface area (TPSA) is 57.5 Å². The number of phenols is 2. The minimum Gasteiger partial charge on any atom is -0.504 e. The van der Waals surface area contributed by atoms with E-state index in [-0.39, 0.29) is 22.7 Å². The maximum absolute atomic E-state index is 12.5. The van der Waals surface area contributed by atoms with E-state index in [0.29, 0.717) is 6.42 Å². The molecule has 2 N–H and O–H groups in total. The molecule has 0 amide bonds. The van der Waals surface area contributed by atoms with E-state index in [2.05, 4.69) is 0 Å². The molecule has 1 aromatic rings. The maximum atomic E-state index is 12.5. The van der Waals surface area contributed by atoms with Crippen molar-refractivity contribution in [3.8, 4) is 11.5 Å². The summed E-state index contributed by atoms with van der Waals surface area (Å²) in [5.41, 5.74) is 1.01. The molecule has 3 nitrogen and oxygen atoms in total. The van der Waals surface area contributed by atoms with Gasteiger partial charge in [-0.1, -0.05) is 12.1 Å². The summed E-state index contributed by atoms with van der Waals surface area (Å²) in [6.07, 6.45) is 12.0. The van der Waals surface area contributed by atoms with Crippen LogP contribution in [-0.2, 0) is 4.79 Å². The first kappa shape index (κ1) is 14.8. The second-order valence-electron chi connectivity index (χ2n) is 8.14. The van der Waals surface area contributed by atoms with E-state index in [4.69, 9.17) is 0 Å². The largest absolute Gasteiger partial charge is 0.504 e. The van der Waals surface area contributed by atoms with Gasteiger partial charge in [-0.15, -0.1) is 0 Å². The molecule has 0 unspecified atom stereocenters. The average Bonchev–Trinajstić information content (AvgIpc) is 2.46. The summed E-state index contributed by atoms with van der Waals surface area (Å²) in [6.45, 7) is 0. The van der Waals surface area contributed by atoms with Crippen molar-refractivity contribution in [1.29, 1.82) is 0 Å². The van der Waals surface area contributed by atoms with Gasteiger partial charge in [0.2, 0.25) is 0 Å². The molecule has 4 bridgehead atoms. The zero-order valence-corrected chi connectivity index (χ0v) is 13.4. The first-order valence-electron chi connectivity index (χ1n) is 8.74. The van der Waals surface area contributed by atoms with Gasteiger partial charge in [0.15, 0.2) is 17.3 Å². The molecule has 0 radical (unpaired) electrons. The van der Waals surface area contributed by atoms with E-state index >= 15 is 0 Å². The van der Waals surface area contributed by atoms with Crippen molar-refractivity contribution >= 4 is 11.9 Å². The van der Waals surface area contributed by atoms with Crippen LogP contribution in [0.2, 0.25) is 0 Å². The summed E-state index contributed by atoms with van der Waals surface area (Å²) in [5, 5.41) is 18.8. The van der Waals surface area contributed by atoms with E-state index in [0.717, 1.165) is 23.3 Å². The van der Waals surface area contributed by atoms with Crippen LogP contribution >= 0.6 is 0 Å². The fourth-order valence-electron chi connectivity index (χ4n) is 5.77. The first-order chi connectivity index (χ1) is 11.0.